The number of hydrogen-bond acceptors (Lipinski definition) is 3. The summed E-state index contributed by atoms with van der Waals surface area (Å²) in [5.74, 6) is -0.0712. The van der Waals surface area contributed by atoms with Gasteiger partial charge in [-0.2, -0.15) is 0 Å². The van der Waals surface area contributed by atoms with Gasteiger partial charge in [0.1, 0.15) is 0 Å². The van der Waals surface area contributed by atoms with Crippen LogP contribution in [-0.2, 0) is 16.0 Å². The Balaban J connectivity index is 2.15. The number of ether oxygens (including phenoxy) is 1. The Morgan fingerprint density at radius 3 is 2.75 bits per heavy atom. The molecule has 3 nitrogen and oxygen atoms in total. The van der Waals surface area contributed by atoms with Crippen molar-refractivity contribution in [3.8, 4) is 0 Å². The summed E-state index contributed by atoms with van der Waals surface area (Å²) in [7, 11) is 0. The molecule has 0 saturated heterocycles. The standard InChI is InChI=1S/C13H19NO2/c1-3-11(2)13(15)16-10-4-5-12-6-8-14-9-7-12/h6-9,11H,3-5,10H2,1-2H3. The SMILES string of the molecule is CCC(C)C(=O)OCCCc1ccncc1. The van der Waals surface area contributed by atoms with E-state index in [9.17, 15) is 4.79 Å². The molecule has 1 heterocycles. The van der Waals surface area contributed by atoms with E-state index in [2.05, 4.69) is 4.98 Å². The minimum atomic E-state index is -0.0859. The zero-order valence-corrected chi connectivity index (χ0v) is 9.98. The average Bonchev–Trinajstić information content (AvgIpc) is 2.34. The first-order chi connectivity index (χ1) is 7.74. The van der Waals surface area contributed by atoms with Gasteiger partial charge in [0.15, 0.2) is 0 Å². The molecule has 1 atom stereocenters. The van der Waals surface area contributed by atoms with E-state index in [1.165, 1.54) is 5.56 Å². The normalized spacial score (nSPS) is 12.1. The highest BCUT2D eigenvalue weighted by Crippen LogP contribution is 2.05. The lowest BCUT2D eigenvalue weighted by Crippen LogP contribution is -2.14. The van der Waals surface area contributed by atoms with Crippen LogP contribution in [0.15, 0.2) is 24.5 Å². The fourth-order valence-electron chi connectivity index (χ4n) is 1.31. The van der Waals surface area contributed by atoms with Crippen molar-refractivity contribution in [2.45, 2.75) is 33.1 Å². The van der Waals surface area contributed by atoms with Crippen LogP contribution in [0.2, 0.25) is 0 Å². The number of carbonyl (C=O) groups excluding carboxylic acids is 1. The van der Waals surface area contributed by atoms with E-state index >= 15 is 0 Å². The first-order valence-electron chi connectivity index (χ1n) is 5.79. The van der Waals surface area contributed by atoms with Crippen molar-refractivity contribution < 1.29 is 9.53 Å². The Labute approximate surface area is 96.8 Å². The molecule has 0 bridgehead atoms. The van der Waals surface area contributed by atoms with Crippen molar-refractivity contribution >= 4 is 5.97 Å². The lowest BCUT2D eigenvalue weighted by Gasteiger charge is -2.08. The summed E-state index contributed by atoms with van der Waals surface area (Å²) in [6, 6.07) is 3.97. The van der Waals surface area contributed by atoms with Gasteiger partial charge in [0.25, 0.3) is 0 Å². The third-order valence-electron chi connectivity index (χ3n) is 2.62. The van der Waals surface area contributed by atoms with Crippen LogP contribution in [0.4, 0.5) is 0 Å². The largest absolute Gasteiger partial charge is 0.465 e. The predicted octanol–water partition coefficient (Wildman–Crippen LogP) is 2.60. The maximum Gasteiger partial charge on any atom is 0.308 e. The van der Waals surface area contributed by atoms with Gasteiger partial charge >= 0.3 is 5.97 Å². The number of pyridine rings is 1. The van der Waals surface area contributed by atoms with Crippen molar-refractivity contribution in [1.82, 2.24) is 4.98 Å². The van der Waals surface area contributed by atoms with Crippen LogP contribution in [0.5, 0.6) is 0 Å². The third-order valence-corrected chi connectivity index (χ3v) is 2.62. The Morgan fingerprint density at radius 2 is 2.12 bits per heavy atom. The number of nitrogens with zero attached hydrogens (tertiary/aromatic N) is 1. The molecule has 1 rings (SSSR count). The van der Waals surface area contributed by atoms with Crippen molar-refractivity contribution in [1.29, 1.82) is 0 Å². The quantitative estimate of drug-likeness (QED) is 0.547. The minimum absolute atomic E-state index is 0.0147. The Bertz CT molecular complexity index is 311. The lowest BCUT2D eigenvalue weighted by atomic mass is 10.1. The van der Waals surface area contributed by atoms with Crippen LogP contribution in [0.25, 0.3) is 0 Å². The molecule has 3 heteroatoms. The number of esters is 1. The van der Waals surface area contributed by atoms with Gasteiger partial charge < -0.3 is 4.74 Å². The maximum absolute atomic E-state index is 11.4. The number of hydrogen-bond donors (Lipinski definition) is 0. The van der Waals surface area contributed by atoms with Crippen LogP contribution in [0.3, 0.4) is 0 Å². The van der Waals surface area contributed by atoms with E-state index < -0.39 is 0 Å². The number of aryl methyl sites for hydroxylation is 1. The molecule has 1 unspecified atom stereocenters. The van der Waals surface area contributed by atoms with Gasteiger partial charge in [0.05, 0.1) is 12.5 Å². The molecule has 0 spiro atoms. The smallest absolute Gasteiger partial charge is 0.308 e. The predicted molar refractivity (Wildman–Crippen MR) is 63.0 cm³/mol. The van der Waals surface area contributed by atoms with E-state index in [4.69, 9.17) is 4.74 Å². The van der Waals surface area contributed by atoms with Gasteiger partial charge in [-0.05, 0) is 37.0 Å². The number of aromatic nitrogens is 1. The van der Waals surface area contributed by atoms with Gasteiger partial charge in [0.2, 0.25) is 0 Å². The second-order valence-electron chi connectivity index (χ2n) is 3.94. The second kappa shape index (κ2) is 6.99. The van der Waals surface area contributed by atoms with E-state index in [1.807, 2.05) is 26.0 Å². The van der Waals surface area contributed by atoms with E-state index in [-0.39, 0.29) is 11.9 Å². The van der Waals surface area contributed by atoms with Crippen LogP contribution in [-0.4, -0.2) is 17.6 Å². The second-order valence-corrected chi connectivity index (χ2v) is 3.94. The summed E-state index contributed by atoms with van der Waals surface area (Å²) in [5, 5.41) is 0. The molecule has 16 heavy (non-hydrogen) atoms. The van der Waals surface area contributed by atoms with Gasteiger partial charge in [-0.15, -0.1) is 0 Å². The summed E-state index contributed by atoms with van der Waals surface area (Å²) >= 11 is 0. The molecule has 0 N–H and O–H groups in total. The van der Waals surface area contributed by atoms with Crippen LogP contribution in [0.1, 0.15) is 32.3 Å². The van der Waals surface area contributed by atoms with Crippen molar-refractivity contribution in [2.75, 3.05) is 6.61 Å². The molecule has 0 radical (unpaired) electrons. The van der Waals surface area contributed by atoms with Gasteiger partial charge in [-0.25, -0.2) is 0 Å². The summed E-state index contributed by atoms with van der Waals surface area (Å²) < 4.78 is 5.16. The van der Waals surface area contributed by atoms with Crippen molar-refractivity contribution in [3.05, 3.63) is 30.1 Å². The zero-order valence-electron chi connectivity index (χ0n) is 9.98. The summed E-state index contributed by atoms with van der Waals surface area (Å²) in [5.41, 5.74) is 1.23. The molecule has 88 valence electrons. The molecule has 0 aliphatic heterocycles. The van der Waals surface area contributed by atoms with Gasteiger partial charge in [0, 0.05) is 12.4 Å². The highest BCUT2D eigenvalue weighted by molar-refractivity contribution is 5.71. The van der Waals surface area contributed by atoms with Gasteiger partial charge in [-0.3, -0.25) is 9.78 Å². The zero-order chi connectivity index (χ0) is 11.8. The molecule has 0 aliphatic carbocycles. The van der Waals surface area contributed by atoms with Crippen LogP contribution < -0.4 is 0 Å². The fourth-order valence-corrected chi connectivity index (χ4v) is 1.31. The molecule has 0 aliphatic rings. The summed E-state index contributed by atoms with van der Waals surface area (Å²) in [6.07, 6.45) is 6.19. The van der Waals surface area contributed by atoms with Crippen LogP contribution >= 0.6 is 0 Å². The first kappa shape index (κ1) is 12.7. The molecule has 1 aromatic rings. The van der Waals surface area contributed by atoms with Crippen molar-refractivity contribution in [3.63, 3.8) is 0 Å². The van der Waals surface area contributed by atoms with Crippen LogP contribution in [0, 0.1) is 5.92 Å². The molecular weight excluding hydrogens is 202 g/mol. The van der Waals surface area contributed by atoms with E-state index in [1.54, 1.807) is 12.4 Å². The fraction of sp³-hybridized carbons (Fsp3) is 0.538. The summed E-state index contributed by atoms with van der Waals surface area (Å²) in [6.45, 7) is 4.39. The number of carbonyl (C=O) groups is 1. The molecule has 0 aromatic carbocycles. The molecule has 0 amide bonds. The maximum atomic E-state index is 11.4. The summed E-state index contributed by atoms with van der Waals surface area (Å²) in [4.78, 5) is 15.3. The molecule has 0 fully saturated rings. The van der Waals surface area contributed by atoms with E-state index in [0.29, 0.717) is 6.61 Å². The molecule has 1 aromatic heterocycles. The topological polar surface area (TPSA) is 39.2 Å². The Morgan fingerprint density at radius 1 is 1.44 bits per heavy atom. The average molecular weight is 221 g/mol. The first-order valence-corrected chi connectivity index (χ1v) is 5.79. The Hall–Kier alpha value is -1.38. The van der Waals surface area contributed by atoms with E-state index in [0.717, 1.165) is 19.3 Å². The molecule has 0 saturated carbocycles. The molecular formula is C13H19NO2. The van der Waals surface area contributed by atoms with Crippen molar-refractivity contribution in [2.24, 2.45) is 5.92 Å². The highest BCUT2D eigenvalue weighted by Gasteiger charge is 2.10. The monoisotopic (exact) mass is 221 g/mol. The van der Waals surface area contributed by atoms with Gasteiger partial charge in [-0.1, -0.05) is 13.8 Å². The minimum Gasteiger partial charge on any atom is -0.465 e. The third kappa shape index (κ3) is 4.43. The number of rotatable bonds is 6. The lowest BCUT2D eigenvalue weighted by molar-refractivity contribution is -0.148. The highest BCUT2D eigenvalue weighted by atomic mass is 16.5. The Kier molecular flexibility index (Phi) is 5.54.